The zero-order valence-corrected chi connectivity index (χ0v) is 20.5. The summed E-state index contributed by atoms with van der Waals surface area (Å²) in [7, 11) is 0. The van der Waals surface area contributed by atoms with Crippen molar-refractivity contribution in [2.75, 3.05) is 13.2 Å². The Morgan fingerprint density at radius 3 is 2.49 bits per heavy atom. The van der Waals surface area contributed by atoms with Crippen molar-refractivity contribution in [3.05, 3.63) is 88.3 Å². The molecular weight excluding hydrogens is 436 g/mol. The van der Waals surface area contributed by atoms with Crippen molar-refractivity contribution in [2.24, 2.45) is 0 Å². The van der Waals surface area contributed by atoms with E-state index in [-0.39, 0.29) is 12.3 Å². The summed E-state index contributed by atoms with van der Waals surface area (Å²) in [6.45, 7) is 7.58. The molecule has 0 fully saturated rings. The summed E-state index contributed by atoms with van der Waals surface area (Å²) in [6.07, 6.45) is 6.31. The van der Waals surface area contributed by atoms with E-state index in [4.69, 9.17) is 15.9 Å². The van der Waals surface area contributed by atoms with Gasteiger partial charge < -0.3 is 9.47 Å². The highest BCUT2D eigenvalue weighted by molar-refractivity contribution is 5.93. The van der Waals surface area contributed by atoms with Crippen molar-refractivity contribution in [1.82, 2.24) is 9.55 Å². The van der Waals surface area contributed by atoms with Crippen LogP contribution in [0.1, 0.15) is 44.2 Å². The minimum Gasteiger partial charge on any atom is -0.494 e. The Labute approximate surface area is 206 Å². The second-order valence-corrected chi connectivity index (χ2v) is 8.77. The summed E-state index contributed by atoms with van der Waals surface area (Å²) in [5, 5.41) is 0.829. The van der Waals surface area contributed by atoms with Gasteiger partial charge in [-0.15, -0.1) is 6.42 Å². The van der Waals surface area contributed by atoms with Crippen molar-refractivity contribution in [3.63, 3.8) is 0 Å². The van der Waals surface area contributed by atoms with Crippen LogP contribution in [0.3, 0.4) is 0 Å². The van der Waals surface area contributed by atoms with E-state index in [1.54, 1.807) is 4.57 Å². The fraction of sp³-hybridized carbons (Fsp3) is 0.267. The average Bonchev–Trinajstić information content (AvgIpc) is 2.88. The fourth-order valence-electron chi connectivity index (χ4n) is 4.01. The van der Waals surface area contributed by atoms with Gasteiger partial charge in [-0.1, -0.05) is 63.1 Å². The summed E-state index contributed by atoms with van der Waals surface area (Å²) in [6, 6.07) is 21.7. The molecule has 0 unspecified atom stereocenters. The molecule has 178 valence electrons. The zero-order chi connectivity index (χ0) is 24.8. The highest BCUT2D eigenvalue weighted by Gasteiger charge is 2.15. The first-order chi connectivity index (χ1) is 17.0. The van der Waals surface area contributed by atoms with Crippen molar-refractivity contribution in [1.29, 1.82) is 0 Å². The van der Waals surface area contributed by atoms with E-state index in [9.17, 15) is 4.79 Å². The topological polar surface area (TPSA) is 53.3 Å². The second kappa shape index (κ2) is 10.9. The van der Waals surface area contributed by atoms with E-state index in [1.165, 1.54) is 5.56 Å². The molecular formula is C30H30N2O3. The van der Waals surface area contributed by atoms with Gasteiger partial charge in [0.15, 0.2) is 0 Å². The molecule has 1 aromatic heterocycles. The van der Waals surface area contributed by atoms with E-state index in [2.05, 4.69) is 43.8 Å². The summed E-state index contributed by atoms with van der Waals surface area (Å²) < 4.78 is 13.1. The largest absolute Gasteiger partial charge is 0.494 e. The number of terminal acetylenes is 1. The van der Waals surface area contributed by atoms with Gasteiger partial charge >= 0.3 is 5.69 Å². The van der Waals surface area contributed by atoms with Crippen LogP contribution in [0, 0.1) is 12.3 Å². The number of hydrogen-bond acceptors (Lipinski definition) is 4. The summed E-state index contributed by atoms with van der Waals surface area (Å²) in [5.74, 6) is 4.34. The lowest BCUT2D eigenvalue weighted by molar-refractivity contribution is 0.317. The van der Waals surface area contributed by atoms with Crippen LogP contribution in [0.5, 0.6) is 11.5 Å². The van der Waals surface area contributed by atoms with Gasteiger partial charge in [-0.3, -0.25) is 4.57 Å². The van der Waals surface area contributed by atoms with Gasteiger partial charge in [-0.2, -0.15) is 4.98 Å². The molecule has 5 nitrogen and oxygen atoms in total. The number of fused-ring (bicyclic) bond motifs is 1. The standard InChI is InChI=1S/C30H30N2O3/c1-5-16-34-25-9-7-8-22(18-25)20-32-28-15-14-26(35-17-6-2)19-27(28)29(31-30(32)33)24-12-10-23(11-13-24)21(3)4/h2,7-15,18-19,21H,5,16-17,20H2,1,3-4H3. The van der Waals surface area contributed by atoms with Crippen LogP contribution in [0.15, 0.2) is 71.5 Å². The van der Waals surface area contributed by atoms with Crippen LogP contribution in [0.2, 0.25) is 0 Å². The molecule has 0 saturated carbocycles. The van der Waals surface area contributed by atoms with Crippen molar-refractivity contribution in [2.45, 2.75) is 39.7 Å². The third-order valence-corrected chi connectivity index (χ3v) is 5.84. The van der Waals surface area contributed by atoms with Crippen molar-refractivity contribution >= 4 is 10.9 Å². The highest BCUT2D eigenvalue weighted by Crippen LogP contribution is 2.30. The molecule has 0 amide bonds. The molecule has 1 heterocycles. The molecule has 0 aliphatic rings. The molecule has 4 aromatic rings. The predicted octanol–water partition coefficient (Wildman–Crippen LogP) is 6.04. The van der Waals surface area contributed by atoms with Gasteiger partial charge in [0, 0.05) is 10.9 Å². The SMILES string of the molecule is C#CCOc1ccc2c(c1)c(-c1ccc(C(C)C)cc1)nc(=O)n2Cc1cccc(OCCC)c1. The van der Waals surface area contributed by atoms with Crippen LogP contribution in [0.4, 0.5) is 0 Å². The van der Waals surface area contributed by atoms with Gasteiger partial charge in [-0.25, -0.2) is 4.79 Å². The molecule has 35 heavy (non-hydrogen) atoms. The number of benzene rings is 3. The molecule has 4 rings (SSSR count). The second-order valence-electron chi connectivity index (χ2n) is 8.77. The Morgan fingerprint density at radius 2 is 1.77 bits per heavy atom. The zero-order valence-electron chi connectivity index (χ0n) is 20.5. The van der Waals surface area contributed by atoms with E-state index in [1.807, 2.05) is 54.6 Å². The van der Waals surface area contributed by atoms with Gasteiger partial charge in [0.2, 0.25) is 0 Å². The number of ether oxygens (including phenoxy) is 2. The average molecular weight is 467 g/mol. The van der Waals surface area contributed by atoms with E-state index < -0.39 is 0 Å². The Hall–Kier alpha value is -4.04. The quantitative estimate of drug-likeness (QED) is 0.282. The third-order valence-electron chi connectivity index (χ3n) is 5.84. The molecule has 0 spiro atoms. The highest BCUT2D eigenvalue weighted by atomic mass is 16.5. The lowest BCUT2D eigenvalue weighted by Gasteiger charge is -2.15. The van der Waals surface area contributed by atoms with E-state index in [0.717, 1.165) is 34.2 Å². The first kappa shape index (κ1) is 24.1. The Morgan fingerprint density at radius 1 is 1.00 bits per heavy atom. The molecule has 0 N–H and O–H groups in total. The summed E-state index contributed by atoms with van der Waals surface area (Å²) >= 11 is 0. The minimum atomic E-state index is -0.308. The monoisotopic (exact) mass is 466 g/mol. The third kappa shape index (κ3) is 5.55. The van der Waals surface area contributed by atoms with Gasteiger partial charge in [0.1, 0.15) is 18.1 Å². The smallest absolute Gasteiger partial charge is 0.348 e. The van der Waals surface area contributed by atoms with Gasteiger partial charge in [0.25, 0.3) is 0 Å². The van der Waals surface area contributed by atoms with Gasteiger partial charge in [-0.05, 0) is 53.8 Å². The van der Waals surface area contributed by atoms with Gasteiger partial charge in [0.05, 0.1) is 24.4 Å². The Kier molecular flexibility index (Phi) is 7.52. The fourth-order valence-corrected chi connectivity index (χ4v) is 4.01. The molecule has 0 radical (unpaired) electrons. The number of aromatic nitrogens is 2. The molecule has 0 atom stereocenters. The van der Waals surface area contributed by atoms with Crippen LogP contribution in [-0.2, 0) is 6.54 Å². The molecule has 0 aliphatic carbocycles. The van der Waals surface area contributed by atoms with Crippen LogP contribution < -0.4 is 15.2 Å². The predicted molar refractivity (Wildman–Crippen MR) is 141 cm³/mol. The molecule has 0 saturated heterocycles. The lowest BCUT2D eigenvalue weighted by atomic mass is 9.99. The molecule has 3 aromatic carbocycles. The molecule has 0 bridgehead atoms. The Balaban J connectivity index is 1.82. The first-order valence-electron chi connectivity index (χ1n) is 11.9. The number of nitrogens with zero attached hydrogens (tertiary/aromatic N) is 2. The van der Waals surface area contributed by atoms with Crippen LogP contribution >= 0.6 is 0 Å². The van der Waals surface area contributed by atoms with Crippen molar-refractivity contribution < 1.29 is 9.47 Å². The maximum absolute atomic E-state index is 13.3. The maximum Gasteiger partial charge on any atom is 0.348 e. The molecule has 5 heteroatoms. The Bertz CT molecular complexity index is 1410. The summed E-state index contributed by atoms with van der Waals surface area (Å²) in [4.78, 5) is 17.8. The van der Waals surface area contributed by atoms with Crippen LogP contribution in [0.25, 0.3) is 22.2 Å². The number of hydrogen-bond donors (Lipinski definition) is 0. The van der Waals surface area contributed by atoms with Crippen molar-refractivity contribution in [3.8, 4) is 35.1 Å². The van der Waals surface area contributed by atoms with Crippen LogP contribution in [-0.4, -0.2) is 22.8 Å². The molecule has 0 aliphatic heterocycles. The summed E-state index contributed by atoms with van der Waals surface area (Å²) in [5.41, 5.74) is 4.18. The minimum absolute atomic E-state index is 0.168. The lowest BCUT2D eigenvalue weighted by Crippen LogP contribution is -2.24. The number of rotatable bonds is 9. The maximum atomic E-state index is 13.3. The first-order valence-corrected chi connectivity index (χ1v) is 11.9. The van der Waals surface area contributed by atoms with E-state index >= 15 is 0 Å². The van der Waals surface area contributed by atoms with E-state index in [0.29, 0.717) is 30.5 Å². The normalized spacial score (nSPS) is 10.9.